The molecule has 1 aromatic carbocycles. The lowest BCUT2D eigenvalue weighted by Crippen LogP contribution is -2.29. The summed E-state index contributed by atoms with van der Waals surface area (Å²) in [5.74, 6) is 0.378. The summed E-state index contributed by atoms with van der Waals surface area (Å²) in [4.78, 5) is 14.3. The number of carbonyl (C=O) groups excluding carboxylic acids is 1. The number of nitrogens with one attached hydrogen (secondary N) is 1. The molecule has 1 N–H and O–H groups in total. The minimum Gasteiger partial charge on any atom is -0.494 e. The quantitative estimate of drug-likeness (QED) is 0.587. The Morgan fingerprint density at radius 1 is 1.38 bits per heavy atom. The van der Waals surface area contributed by atoms with Crippen molar-refractivity contribution in [1.82, 2.24) is 10.2 Å². The highest BCUT2D eigenvalue weighted by Crippen LogP contribution is 2.26. The first-order chi connectivity index (χ1) is 11.5. The molecule has 0 saturated heterocycles. The molecule has 1 rings (SSSR count). The number of ether oxygens (including phenoxy) is 1. The van der Waals surface area contributed by atoms with Crippen LogP contribution in [0.15, 0.2) is 30.0 Å². The van der Waals surface area contributed by atoms with Crippen LogP contribution < -0.4 is 10.1 Å². The summed E-state index contributed by atoms with van der Waals surface area (Å²) in [6.45, 7) is 11.8. The number of hydrogen-bond acceptors (Lipinski definition) is 4. The predicted molar refractivity (Wildman–Crippen MR) is 95.5 cm³/mol. The van der Waals surface area contributed by atoms with Crippen LogP contribution in [0, 0.1) is 18.3 Å². The maximum Gasteiger partial charge on any atom is 0.263 e. The topological polar surface area (TPSA) is 65.4 Å². The summed E-state index contributed by atoms with van der Waals surface area (Å²) >= 11 is 0. The monoisotopic (exact) mass is 329 g/mol. The van der Waals surface area contributed by atoms with Crippen molar-refractivity contribution in [1.29, 1.82) is 5.26 Å². The second-order valence-corrected chi connectivity index (χ2v) is 5.55. The zero-order valence-corrected chi connectivity index (χ0v) is 15.2. The van der Waals surface area contributed by atoms with Gasteiger partial charge in [0.1, 0.15) is 17.4 Å². The molecule has 0 radical (unpaired) electrons. The van der Waals surface area contributed by atoms with Crippen LogP contribution >= 0.6 is 0 Å². The number of nitrogens with zero attached hydrogens (tertiary/aromatic N) is 2. The van der Waals surface area contributed by atoms with Crippen molar-refractivity contribution in [3.63, 3.8) is 0 Å². The van der Waals surface area contributed by atoms with E-state index in [9.17, 15) is 10.1 Å². The first-order valence-corrected chi connectivity index (χ1v) is 8.36. The Bertz CT molecular complexity index is 628. The summed E-state index contributed by atoms with van der Waals surface area (Å²) in [5, 5.41) is 12.2. The summed E-state index contributed by atoms with van der Waals surface area (Å²) in [5.41, 5.74) is 2.11. The number of carbonyl (C=O) groups is 1. The smallest absolute Gasteiger partial charge is 0.263 e. The van der Waals surface area contributed by atoms with Crippen LogP contribution in [-0.2, 0) is 4.79 Å². The highest BCUT2D eigenvalue weighted by molar-refractivity contribution is 5.97. The Morgan fingerprint density at radius 3 is 2.58 bits per heavy atom. The van der Waals surface area contributed by atoms with Crippen molar-refractivity contribution in [2.45, 2.75) is 40.7 Å². The molecular weight excluding hydrogens is 302 g/mol. The highest BCUT2D eigenvalue weighted by atomic mass is 16.5. The molecule has 0 aromatic heterocycles. The first-order valence-electron chi connectivity index (χ1n) is 8.36. The molecule has 0 heterocycles. The fourth-order valence-corrected chi connectivity index (χ4v) is 2.37. The van der Waals surface area contributed by atoms with E-state index in [1.807, 2.05) is 63.8 Å². The molecular formula is C19H27N3O2. The lowest BCUT2D eigenvalue weighted by Gasteiger charge is -2.20. The van der Waals surface area contributed by atoms with Crippen molar-refractivity contribution in [3.05, 3.63) is 41.1 Å². The molecule has 5 heteroatoms. The third-order valence-electron chi connectivity index (χ3n) is 3.77. The van der Waals surface area contributed by atoms with Crippen LogP contribution in [-0.4, -0.2) is 30.5 Å². The molecule has 24 heavy (non-hydrogen) atoms. The largest absolute Gasteiger partial charge is 0.494 e. The molecule has 5 nitrogen and oxygen atoms in total. The second kappa shape index (κ2) is 9.61. The molecule has 130 valence electrons. The Morgan fingerprint density at radius 2 is 2.04 bits per heavy atom. The second-order valence-electron chi connectivity index (χ2n) is 5.55. The van der Waals surface area contributed by atoms with Gasteiger partial charge in [-0.1, -0.05) is 17.7 Å². The maximum absolute atomic E-state index is 12.4. The molecule has 0 saturated carbocycles. The summed E-state index contributed by atoms with van der Waals surface area (Å²) in [7, 11) is 0. The standard InChI is InChI=1S/C19H27N3O2/c1-6-22(7-2)13-16(12-20)19(23)21-15(5)17-11-14(4)9-10-18(17)24-8-3/h9-11,13,15H,6-8H2,1-5H3,(H,21,23)/b16-13-. The zero-order valence-electron chi connectivity index (χ0n) is 15.2. The van der Waals surface area contributed by atoms with E-state index in [2.05, 4.69) is 5.32 Å². The molecule has 0 aliphatic rings. The van der Waals surface area contributed by atoms with Crippen molar-refractivity contribution in [2.75, 3.05) is 19.7 Å². The summed E-state index contributed by atoms with van der Waals surface area (Å²) < 4.78 is 5.64. The minimum absolute atomic E-state index is 0.108. The van der Waals surface area contributed by atoms with Crippen LogP contribution in [0.3, 0.4) is 0 Å². The van der Waals surface area contributed by atoms with E-state index in [4.69, 9.17) is 4.74 Å². The Labute approximate surface area is 144 Å². The van der Waals surface area contributed by atoms with Gasteiger partial charge in [-0.3, -0.25) is 4.79 Å². The Kier molecular flexibility index (Phi) is 7.84. The van der Waals surface area contributed by atoms with Crippen molar-refractivity contribution in [2.24, 2.45) is 0 Å². The van der Waals surface area contributed by atoms with E-state index in [-0.39, 0.29) is 17.5 Å². The van der Waals surface area contributed by atoms with Gasteiger partial charge in [0.15, 0.2) is 0 Å². The van der Waals surface area contributed by atoms with Gasteiger partial charge in [0.25, 0.3) is 5.91 Å². The van der Waals surface area contributed by atoms with Crippen molar-refractivity contribution >= 4 is 5.91 Å². The van der Waals surface area contributed by atoms with Crippen molar-refractivity contribution < 1.29 is 9.53 Å². The number of amides is 1. The first kappa shape index (κ1) is 19.6. The fourth-order valence-electron chi connectivity index (χ4n) is 2.37. The average Bonchev–Trinajstić information content (AvgIpc) is 2.57. The van der Waals surface area contributed by atoms with Gasteiger partial charge in [0.05, 0.1) is 12.6 Å². The van der Waals surface area contributed by atoms with E-state index in [1.54, 1.807) is 6.20 Å². The van der Waals surface area contributed by atoms with Crippen LogP contribution in [0.25, 0.3) is 0 Å². The molecule has 1 atom stereocenters. The van der Waals surface area contributed by atoms with Crippen LogP contribution in [0.4, 0.5) is 0 Å². The molecule has 1 amide bonds. The maximum atomic E-state index is 12.4. The van der Waals surface area contributed by atoms with Gasteiger partial charge >= 0.3 is 0 Å². The predicted octanol–water partition coefficient (Wildman–Crippen LogP) is 3.32. The van der Waals surface area contributed by atoms with E-state index in [1.165, 1.54) is 0 Å². The van der Waals surface area contributed by atoms with Gasteiger partial charge < -0.3 is 15.0 Å². The van der Waals surface area contributed by atoms with E-state index < -0.39 is 0 Å². The van der Waals surface area contributed by atoms with Crippen molar-refractivity contribution in [3.8, 4) is 11.8 Å². The van der Waals surface area contributed by atoms with Gasteiger partial charge in [-0.2, -0.15) is 5.26 Å². The van der Waals surface area contributed by atoms with Gasteiger partial charge in [-0.15, -0.1) is 0 Å². The van der Waals surface area contributed by atoms with Gasteiger partial charge in [-0.25, -0.2) is 0 Å². The minimum atomic E-state index is -0.374. The molecule has 0 fully saturated rings. The van der Waals surface area contributed by atoms with Gasteiger partial charge in [0, 0.05) is 24.9 Å². The Hall–Kier alpha value is -2.48. The lowest BCUT2D eigenvalue weighted by molar-refractivity contribution is -0.117. The highest BCUT2D eigenvalue weighted by Gasteiger charge is 2.17. The van der Waals surface area contributed by atoms with Gasteiger partial charge in [-0.05, 0) is 40.7 Å². The third-order valence-corrected chi connectivity index (χ3v) is 3.77. The number of aryl methyl sites for hydroxylation is 1. The number of rotatable bonds is 8. The van der Waals surface area contributed by atoms with Gasteiger partial charge in [0.2, 0.25) is 0 Å². The SMILES string of the molecule is CCOc1ccc(C)cc1C(C)NC(=O)/C(C#N)=C\N(CC)CC. The lowest BCUT2D eigenvalue weighted by atomic mass is 10.0. The average molecular weight is 329 g/mol. The Balaban J connectivity index is 2.98. The third kappa shape index (κ3) is 5.31. The molecule has 0 aliphatic carbocycles. The number of nitriles is 1. The summed E-state index contributed by atoms with van der Waals surface area (Å²) in [6, 6.07) is 7.61. The number of benzene rings is 1. The summed E-state index contributed by atoms with van der Waals surface area (Å²) in [6.07, 6.45) is 1.61. The van der Waals surface area contributed by atoms with Crippen LogP contribution in [0.2, 0.25) is 0 Å². The molecule has 0 spiro atoms. The van der Waals surface area contributed by atoms with E-state index >= 15 is 0 Å². The molecule has 0 bridgehead atoms. The zero-order chi connectivity index (χ0) is 18.1. The van der Waals surface area contributed by atoms with E-state index in [0.717, 1.165) is 30.0 Å². The fraction of sp³-hybridized carbons (Fsp3) is 0.474. The molecule has 1 aromatic rings. The molecule has 1 unspecified atom stereocenters. The van der Waals surface area contributed by atoms with Crippen LogP contribution in [0.5, 0.6) is 5.75 Å². The normalized spacial score (nSPS) is 12.2. The van der Waals surface area contributed by atoms with Crippen LogP contribution in [0.1, 0.15) is 44.9 Å². The molecule has 0 aliphatic heterocycles. The van der Waals surface area contributed by atoms with E-state index in [0.29, 0.717) is 6.61 Å². The number of hydrogen-bond donors (Lipinski definition) is 1.